The van der Waals surface area contributed by atoms with Crippen molar-refractivity contribution in [2.75, 3.05) is 17.6 Å². The van der Waals surface area contributed by atoms with Crippen molar-refractivity contribution in [1.29, 1.82) is 5.41 Å². The van der Waals surface area contributed by atoms with E-state index in [1.165, 1.54) is 0 Å². The Morgan fingerprint density at radius 3 is 3.18 bits per heavy atom. The van der Waals surface area contributed by atoms with Crippen LogP contribution in [0.2, 0.25) is 0 Å². The summed E-state index contributed by atoms with van der Waals surface area (Å²) < 4.78 is 1.68. The average molecular weight is 152 g/mol. The normalized spacial score (nSPS) is 14.2. The fourth-order valence-electron chi connectivity index (χ4n) is 1.09. The monoisotopic (exact) mass is 152 g/mol. The predicted molar refractivity (Wildman–Crippen MR) is 38.8 cm³/mol. The van der Waals surface area contributed by atoms with Crippen molar-refractivity contribution in [3.63, 3.8) is 0 Å². The summed E-state index contributed by atoms with van der Waals surface area (Å²) in [5.74, 6) is 0.790. The van der Waals surface area contributed by atoms with Crippen LogP contribution in [0.15, 0.2) is 0 Å². The van der Waals surface area contributed by atoms with Gasteiger partial charge >= 0.3 is 0 Å². The fourth-order valence-corrected chi connectivity index (χ4v) is 1.09. The van der Waals surface area contributed by atoms with Crippen molar-refractivity contribution in [2.45, 2.75) is 6.54 Å². The smallest absolute Gasteiger partial charge is 0.228 e. The summed E-state index contributed by atoms with van der Waals surface area (Å²) in [4.78, 5) is 7.61. The third-order valence-electron chi connectivity index (χ3n) is 1.57. The van der Waals surface area contributed by atoms with Gasteiger partial charge in [0, 0.05) is 13.1 Å². The highest BCUT2D eigenvalue weighted by Crippen LogP contribution is 2.05. The van der Waals surface area contributed by atoms with E-state index in [4.69, 9.17) is 11.1 Å². The highest BCUT2D eigenvalue weighted by Gasteiger charge is 2.11. The number of hydrogen-bond acceptors (Lipinski definition) is 5. The molecule has 1 aliphatic rings. The Morgan fingerprint density at radius 2 is 2.36 bits per heavy atom. The maximum atomic E-state index is 7.38. The largest absolute Gasteiger partial charge is 0.368 e. The number of nitrogens with two attached hydrogens (primary N) is 1. The molecule has 0 bridgehead atoms. The van der Waals surface area contributed by atoms with E-state index in [0.29, 0.717) is 5.95 Å². The molecule has 0 spiro atoms. The van der Waals surface area contributed by atoms with Gasteiger partial charge < -0.3 is 11.1 Å². The molecule has 0 amide bonds. The van der Waals surface area contributed by atoms with Crippen molar-refractivity contribution in [3.05, 3.63) is 5.62 Å². The van der Waals surface area contributed by atoms with Gasteiger partial charge in [0.15, 0.2) is 0 Å². The van der Waals surface area contributed by atoms with E-state index >= 15 is 0 Å². The second-order valence-corrected chi connectivity index (χ2v) is 2.31. The Kier molecular flexibility index (Phi) is 1.09. The summed E-state index contributed by atoms with van der Waals surface area (Å²) in [7, 11) is 0. The molecule has 2 rings (SSSR count). The zero-order valence-corrected chi connectivity index (χ0v) is 5.83. The number of aromatic nitrogens is 3. The van der Waals surface area contributed by atoms with Crippen LogP contribution in [0.5, 0.6) is 0 Å². The van der Waals surface area contributed by atoms with Gasteiger partial charge in [-0.25, -0.2) is 0 Å². The zero-order valence-electron chi connectivity index (χ0n) is 5.83. The van der Waals surface area contributed by atoms with Crippen molar-refractivity contribution in [1.82, 2.24) is 14.5 Å². The molecule has 1 aromatic heterocycles. The van der Waals surface area contributed by atoms with Gasteiger partial charge in [0.2, 0.25) is 17.5 Å². The van der Waals surface area contributed by atoms with E-state index in [1.54, 1.807) is 4.57 Å². The molecular formula is C5H8N6. The number of anilines is 2. The van der Waals surface area contributed by atoms with Crippen LogP contribution >= 0.6 is 0 Å². The second kappa shape index (κ2) is 1.94. The second-order valence-electron chi connectivity index (χ2n) is 2.31. The molecule has 0 radical (unpaired) electrons. The number of hydrogen-bond donors (Lipinski definition) is 3. The molecule has 2 heterocycles. The van der Waals surface area contributed by atoms with Crippen LogP contribution in [-0.4, -0.2) is 21.1 Å². The third-order valence-corrected chi connectivity index (χ3v) is 1.57. The first-order valence-electron chi connectivity index (χ1n) is 3.30. The Labute approximate surface area is 62.6 Å². The van der Waals surface area contributed by atoms with Gasteiger partial charge in [-0.1, -0.05) is 0 Å². The number of nitrogens with zero attached hydrogens (tertiary/aromatic N) is 3. The summed E-state index contributed by atoms with van der Waals surface area (Å²) in [5.41, 5.74) is 5.50. The maximum absolute atomic E-state index is 7.38. The quantitative estimate of drug-likeness (QED) is 0.433. The first-order chi connectivity index (χ1) is 5.27. The third kappa shape index (κ3) is 0.830. The minimum Gasteiger partial charge on any atom is -0.368 e. The van der Waals surface area contributed by atoms with Gasteiger partial charge in [0.25, 0.3) is 0 Å². The molecule has 0 fully saturated rings. The lowest BCUT2D eigenvalue weighted by Crippen LogP contribution is -2.23. The first-order valence-corrected chi connectivity index (χ1v) is 3.30. The first kappa shape index (κ1) is 6.14. The van der Waals surface area contributed by atoms with Crippen LogP contribution in [0.1, 0.15) is 0 Å². The van der Waals surface area contributed by atoms with Gasteiger partial charge in [-0.05, 0) is 0 Å². The van der Waals surface area contributed by atoms with Crippen LogP contribution < -0.4 is 16.7 Å². The lowest BCUT2D eigenvalue weighted by Gasteiger charge is -2.00. The summed E-state index contributed by atoms with van der Waals surface area (Å²) in [6.07, 6.45) is 0. The van der Waals surface area contributed by atoms with E-state index in [1.807, 2.05) is 0 Å². The molecule has 0 saturated carbocycles. The van der Waals surface area contributed by atoms with Crippen LogP contribution in [0, 0.1) is 5.41 Å². The number of fused-ring (bicyclic) bond motifs is 1. The molecule has 0 saturated heterocycles. The standard InChI is InChI=1S/C5H8N6/c6-3-9-4(7)11-2-1-8-5(11)10-3/h1-2H2,(H4,6,7,8,9,10). The lowest BCUT2D eigenvalue weighted by atomic mass is 10.7. The number of nitrogens with one attached hydrogen (secondary N) is 2. The van der Waals surface area contributed by atoms with Crippen molar-refractivity contribution in [3.8, 4) is 0 Å². The Morgan fingerprint density at radius 1 is 1.55 bits per heavy atom. The molecule has 4 N–H and O–H groups in total. The van der Waals surface area contributed by atoms with Crippen molar-refractivity contribution >= 4 is 11.9 Å². The summed E-state index contributed by atoms with van der Waals surface area (Å²) in [5, 5.41) is 10.4. The average Bonchev–Trinajstić information content (AvgIpc) is 2.34. The minimum atomic E-state index is 0.149. The molecule has 11 heavy (non-hydrogen) atoms. The van der Waals surface area contributed by atoms with E-state index in [0.717, 1.165) is 13.1 Å². The molecular weight excluding hydrogens is 144 g/mol. The minimum absolute atomic E-state index is 0.149. The molecule has 0 aliphatic carbocycles. The van der Waals surface area contributed by atoms with Crippen LogP contribution in [0.25, 0.3) is 0 Å². The Balaban J connectivity index is 2.70. The highest BCUT2D eigenvalue weighted by atomic mass is 15.3. The predicted octanol–water partition coefficient (Wildman–Crippen LogP) is -1.23. The van der Waals surface area contributed by atoms with Crippen molar-refractivity contribution < 1.29 is 0 Å². The highest BCUT2D eigenvalue weighted by molar-refractivity contribution is 5.33. The fraction of sp³-hybridized carbons (Fsp3) is 0.400. The summed E-state index contributed by atoms with van der Waals surface area (Å²) in [6, 6.07) is 0. The zero-order chi connectivity index (χ0) is 7.84. The molecule has 58 valence electrons. The molecule has 6 heteroatoms. The van der Waals surface area contributed by atoms with Gasteiger partial charge in [0.1, 0.15) is 0 Å². The molecule has 1 aliphatic heterocycles. The lowest BCUT2D eigenvalue weighted by molar-refractivity contribution is 0.698. The molecule has 0 atom stereocenters. The maximum Gasteiger partial charge on any atom is 0.228 e. The van der Waals surface area contributed by atoms with E-state index in [-0.39, 0.29) is 11.6 Å². The Bertz CT molecular complexity index is 339. The topological polar surface area (TPSA) is 92.6 Å². The summed E-state index contributed by atoms with van der Waals surface area (Å²) in [6.45, 7) is 1.54. The van der Waals surface area contributed by atoms with Gasteiger partial charge in [0.05, 0.1) is 0 Å². The SMILES string of the molecule is N=c1nc(N)nc2n1CCN2. The molecule has 0 unspecified atom stereocenters. The van der Waals surface area contributed by atoms with Gasteiger partial charge in [-0.3, -0.25) is 9.98 Å². The van der Waals surface area contributed by atoms with Crippen LogP contribution in [-0.2, 0) is 6.54 Å². The van der Waals surface area contributed by atoms with Crippen molar-refractivity contribution in [2.24, 2.45) is 0 Å². The van der Waals surface area contributed by atoms with E-state index in [2.05, 4.69) is 15.3 Å². The van der Waals surface area contributed by atoms with Crippen LogP contribution in [0.3, 0.4) is 0 Å². The van der Waals surface area contributed by atoms with Gasteiger partial charge in [-0.15, -0.1) is 0 Å². The van der Waals surface area contributed by atoms with Crippen LogP contribution in [0.4, 0.5) is 11.9 Å². The molecule has 1 aromatic rings. The molecule has 6 nitrogen and oxygen atoms in total. The molecule has 0 aromatic carbocycles. The van der Waals surface area contributed by atoms with E-state index in [9.17, 15) is 0 Å². The summed E-state index contributed by atoms with van der Waals surface area (Å²) >= 11 is 0. The number of nitrogen functional groups attached to an aromatic ring is 1. The Hall–Kier alpha value is -1.59. The van der Waals surface area contributed by atoms with E-state index < -0.39 is 0 Å². The van der Waals surface area contributed by atoms with Gasteiger partial charge in [-0.2, -0.15) is 9.97 Å². The number of rotatable bonds is 0.